The molecular weight excluding hydrogens is 366 g/mol. The molecule has 0 spiro atoms. The zero-order chi connectivity index (χ0) is 19.1. The molecular formula is C18H21N5O3S. The predicted molar refractivity (Wildman–Crippen MR) is 101 cm³/mol. The minimum absolute atomic E-state index is 0.166. The van der Waals surface area contributed by atoms with Gasteiger partial charge in [0.05, 0.1) is 30.7 Å². The number of hydrogen-bond donors (Lipinski definition) is 0. The van der Waals surface area contributed by atoms with Crippen molar-refractivity contribution in [2.45, 2.75) is 26.7 Å². The molecule has 3 aromatic heterocycles. The summed E-state index contributed by atoms with van der Waals surface area (Å²) in [5, 5.41) is 8.93. The first-order valence-electron chi connectivity index (χ1n) is 8.76. The number of ether oxygens (including phenoxy) is 1. The lowest BCUT2D eigenvalue weighted by molar-refractivity contribution is 0.0974. The van der Waals surface area contributed by atoms with Crippen molar-refractivity contribution in [1.29, 1.82) is 0 Å². The predicted octanol–water partition coefficient (Wildman–Crippen LogP) is 2.54. The van der Waals surface area contributed by atoms with Crippen molar-refractivity contribution in [3.05, 3.63) is 33.8 Å². The van der Waals surface area contributed by atoms with Crippen molar-refractivity contribution in [3.8, 4) is 11.3 Å². The van der Waals surface area contributed by atoms with E-state index in [-0.39, 0.29) is 5.91 Å². The highest BCUT2D eigenvalue weighted by Gasteiger charge is 2.30. The Morgan fingerprint density at radius 1 is 1.41 bits per heavy atom. The smallest absolute Gasteiger partial charge is 0.265 e. The van der Waals surface area contributed by atoms with Crippen LogP contribution in [0.4, 0.5) is 5.13 Å². The fourth-order valence-corrected chi connectivity index (χ4v) is 4.51. The monoisotopic (exact) mass is 387 g/mol. The molecule has 0 fully saturated rings. The van der Waals surface area contributed by atoms with Crippen LogP contribution < -0.4 is 4.90 Å². The Kier molecular flexibility index (Phi) is 4.56. The first-order valence-corrected chi connectivity index (χ1v) is 9.57. The van der Waals surface area contributed by atoms with Gasteiger partial charge in [0.25, 0.3) is 5.91 Å². The van der Waals surface area contributed by atoms with Crippen molar-refractivity contribution in [2.75, 3.05) is 25.2 Å². The fraction of sp³-hybridized carbons (Fsp3) is 0.444. The van der Waals surface area contributed by atoms with Crippen LogP contribution in [0.15, 0.2) is 10.7 Å². The molecule has 0 saturated carbocycles. The fourth-order valence-electron chi connectivity index (χ4n) is 3.41. The molecule has 3 aromatic rings. The number of hydrogen-bond acceptors (Lipinski definition) is 7. The summed E-state index contributed by atoms with van der Waals surface area (Å²) in [6.45, 7) is 4.34. The van der Waals surface area contributed by atoms with E-state index in [4.69, 9.17) is 14.2 Å². The van der Waals surface area contributed by atoms with Crippen LogP contribution in [0.2, 0.25) is 0 Å². The molecule has 142 valence electrons. The summed E-state index contributed by atoms with van der Waals surface area (Å²) >= 11 is 1.55. The second kappa shape index (κ2) is 6.90. The number of nitrogens with zero attached hydrogens (tertiary/aromatic N) is 5. The van der Waals surface area contributed by atoms with Gasteiger partial charge in [-0.2, -0.15) is 5.10 Å². The summed E-state index contributed by atoms with van der Waals surface area (Å²) in [5.74, 6) is 0.344. The van der Waals surface area contributed by atoms with Gasteiger partial charge in [0.2, 0.25) is 0 Å². The number of methoxy groups -OCH3 is 1. The SMILES string of the molecule is COCCN(C(=O)c1c(C)noc1C)c1nc2c(s1)CCc1c-2cnn1C. The molecule has 1 aliphatic rings. The van der Waals surface area contributed by atoms with Gasteiger partial charge >= 0.3 is 0 Å². The molecule has 0 saturated heterocycles. The molecule has 1 amide bonds. The van der Waals surface area contributed by atoms with Crippen molar-refractivity contribution >= 4 is 22.4 Å². The third-order valence-corrected chi connectivity index (χ3v) is 5.97. The molecule has 1 aliphatic carbocycles. The van der Waals surface area contributed by atoms with E-state index in [2.05, 4.69) is 10.3 Å². The zero-order valence-corrected chi connectivity index (χ0v) is 16.6. The molecule has 4 rings (SSSR count). The average molecular weight is 387 g/mol. The normalized spacial score (nSPS) is 12.7. The molecule has 0 aliphatic heterocycles. The Balaban J connectivity index is 1.74. The lowest BCUT2D eigenvalue weighted by Crippen LogP contribution is -2.34. The molecule has 0 aromatic carbocycles. The third-order valence-electron chi connectivity index (χ3n) is 4.83. The van der Waals surface area contributed by atoms with E-state index in [0.29, 0.717) is 35.3 Å². The van der Waals surface area contributed by atoms with Crippen LogP contribution in [0.1, 0.15) is 32.4 Å². The van der Waals surface area contributed by atoms with Crippen molar-refractivity contribution in [3.63, 3.8) is 0 Å². The Morgan fingerprint density at radius 3 is 2.93 bits per heavy atom. The van der Waals surface area contributed by atoms with E-state index in [9.17, 15) is 4.79 Å². The molecule has 3 heterocycles. The molecule has 8 nitrogen and oxygen atoms in total. The van der Waals surface area contributed by atoms with Gasteiger partial charge in [0, 0.05) is 30.3 Å². The van der Waals surface area contributed by atoms with Crippen LogP contribution in [0.3, 0.4) is 0 Å². The van der Waals surface area contributed by atoms with Crippen molar-refractivity contribution in [1.82, 2.24) is 19.9 Å². The first kappa shape index (κ1) is 17.9. The number of amides is 1. The average Bonchev–Trinajstić information content (AvgIpc) is 3.32. The van der Waals surface area contributed by atoms with Crippen molar-refractivity contribution < 1.29 is 14.1 Å². The summed E-state index contributed by atoms with van der Waals surface area (Å²) in [6, 6.07) is 0. The van der Waals surface area contributed by atoms with E-state index in [1.54, 1.807) is 37.2 Å². The topological polar surface area (TPSA) is 86.3 Å². The maximum Gasteiger partial charge on any atom is 0.265 e. The van der Waals surface area contributed by atoms with Gasteiger partial charge < -0.3 is 9.26 Å². The standard InChI is InChI=1S/C18H21N5O3S/c1-10-15(11(2)26-21-10)17(24)23(7-8-25-4)18-20-16-12-9-19-22(3)13(12)5-6-14(16)27-18/h9H,5-8H2,1-4H3. The second-order valence-electron chi connectivity index (χ2n) is 6.55. The van der Waals surface area contributed by atoms with Crippen LogP contribution in [-0.4, -0.2) is 46.1 Å². The highest BCUT2D eigenvalue weighted by molar-refractivity contribution is 7.16. The molecule has 0 unspecified atom stereocenters. The number of carbonyl (C=O) groups excluding carboxylic acids is 1. The maximum absolute atomic E-state index is 13.2. The summed E-state index contributed by atoms with van der Waals surface area (Å²) in [5.41, 5.74) is 4.23. The Bertz CT molecular complexity index is 983. The van der Waals surface area contributed by atoms with Crippen LogP contribution in [-0.2, 0) is 24.6 Å². The van der Waals surface area contributed by atoms with Gasteiger partial charge in [0.15, 0.2) is 5.13 Å². The Morgan fingerprint density at radius 2 is 2.22 bits per heavy atom. The zero-order valence-electron chi connectivity index (χ0n) is 15.8. The highest BCUT2D eigenvalue weighted by Crippen LogP contribution is 2.39. The summed E-state index contributed by atoms with van der Waals surface area (Å²) in [6.07, 6.45) is 3.68. The number of fused-ring (bicyclic) bond motifs is 3. The highest BCUT2D eigenvalue weighted by atomic mass is 32.1. The number of aromatic nitrogens is 4. The van der Waals surface area contributed by atoms with Gasteiger partial charge in [0.1, 0.15) is 11.3 Å². The molecule has 0 atom stereocenters. The molecule has 0 bridgehead atoms. The Hall–Kier alpha value is -2.52. The minimum Gasteiger partial charge on any atom is -0.383 e. The van der Waals surface area contributed by atoms with Crippen LogP contribution in [0.25, 0.3) is 11.3 Å². The summed E-state index contributed by atoms with van der Waals surface area (Å²) in [4.78, 5) is 20.9. The lowest BCUT2D eigenvalue weighted by atomic mass is 10.0. The van der Waals surface area contributed by atoms with E-state index < -0.39 is 0 Å². The minimum atomic E-state index is -0.166. The molecule has 0 radical (unpaired) electrons. The van der Waals surface area contributed by atoms with Gasteiger partial charge in [-0.05, 0) is 26.7 Å². The lowest BCUT2D eigenvalue weighted by Gasteiger charge is -2.19. The number of anilines is 1. The van der Waals surface area contributed by atoms with Gasteiger partial charge in [-0.1, -0.05) is 5.16 Å². The molecule has 27 heavy (non-hydrogen) atoms. The van der Waals surface area contributed by atoms with Crippen LogP contribution in [0.5, 0.6) is 0 Å². The largest absolute Gasteiger partial charge is 0.383 e. The summed E-state index contributed by atoms with van der Waals surface area (Å²) < 4.78 is 12.3. The maximum atomic E-state index is 13.2. The summed E-state index contributed by atoms with van der Waals surface area (Å²) in [7, 11) is 3.57. The molecule has 9 heteroatoms. The van der Waals surface area contributed by atoms with Gasteiger partial charge in [-0.25, -0.2) is 4.98 Å². The van der Waals surface area contributed by atoms with Crippen LogP contribution in [0, 0.1) is 13.8 Å². The van der Waals surface area contributed by atoms with E-state index >= 15 is 0 Å². The number of thiazole rings is 1. The first-order chi connectivity index (χ1) is 13.0. The third kappa shape index (κ3) is 2.96. The van der Waals surface area contributed by atoms with E-state index in [0.717, 1.165) is 24.1 Å². The number of aryl methyl sites for hydroxylation is 4. The van der Waals surface area contributed by atoms with E-state index in [1.165, 1.54) is 10.6 Å². The number of rotatable bonds is 5. The van der Waals surface area contributed by atoms with E-state index in [1.807, 2.05) is 17.9 Å². The Labute approximate surface area is 160 Å². The molecule has 0 N–H and O–H groups in total. The second-order valence-corrected chi connectivity index (χ2v) is 7.61. The van der Waals surface area contributed by atoms with Gasteiger partial charge in [-0.3, -0.25) is 14.4 Å². The van der Waals surface area contributed by atoms with Crippen molar-refractivity contribution in [2.24, 2.45) is 7.05 Å². The quantitative estimate of drug-likeness (QED) is 0.669. The van der Waals surface area contributed by atoms with Gasteiger partial charge in [-0.15, -0.1) is 11.3 Å². The van der Waals surface area contributed by atoms with Crippen LogP contribution >= 0.6 is 11.3 Å². The number of carbonyl (C=O) groups is 1.